The molecule has 0 saturated heterocycles. The van der Waals surface area contributed by atoms with E-state index < -0.39 is 0 Å². The molecule has 0 bridgehead atoms. The molecule has 0 aliphatic rings. The van der Waals surface area contributed by atoms with Crippen LogP contribution in [-0.4, -0.2) is 56.1 Å². The van der Waals surface area contributed by atoms with Gasteiger partial charge in [-0.1, -0.05) is 44.2 Å². The van der Waals surface area contributed by atoms with E-state index in [1.807, 2.05) is 0 Å². The van der Waals surface area contributed by atoms with Crippen LogP contribution in [0.25, 0.3) is 0 Å². The first-order chi connectivity index (χ1) is 9.97. The third-order valence-corrected chi connectivity index (χ3v) is 3.63. The molecule has 1 atom stereocenters. The fourth-order valence-corrected chi connectivity index (χ4v) is 2.53. The smallest absolute Gasteiger partial charge is 0.0171 e. The molecule has 0 heterocycles. The van der Waals surface area contributed by atoms with Crippen LogP contribution in [0.4, 0.5) is 0 Å². The maximum absolute atomic E-state index is 6.35. The zero-order valence-electron chi connectivity index (χ0n) is 14.3. The van der Waals surface area contributed by atoms with Gasteiger partial charge in [0.1, 0.15) is 0 Å². The second-order valence-electron chi connectivity index (χ2n) is 6.74. The number of aryl methyl sites for hydroxylation is 1. The summed E-state index contributed by atoms with van der Waals surface area (Å²) >= 11 is 0. The molecule has 2 N–H and O–H groups in total. The molecule has 0 saturated carbocycles. The Labute approximate surface area is 131 Å². The summed E-state index contributed by atoms with van der Waals surface area (Å²) in [5, 5.41) is 0. The number of hydrogen-bond donors (Lipinski definition) is 1. The lowest BCUT2D eigenvalue weighted by Gasteiger charge is -2.28. The highest BCUT2D eigenvalue weighted by molar-refractivity contribution is 5.14. The van der Waals surface area contributed by atoms with E-state index in [1.165, 1.54) is 5.56 Å². The van der Waals surface area contributed by atoms with E-state index in [1.54, 1.807) is 0 Å². The summed E-state index contributed by atoms with van der Waals surface area (Å²) in [6, 6.07) is 10.9. The zero-order chi connectivity index (χ0) is 15.7. The van der Waals surface area contributed by atoms with Crippen molar-refractivity contribution in [2.45, 2.75) is 32.7 Å². The predicted octanol–water partition coefficient (Wildman–Crippen LogP) is 2.47. The Balaban J connectivity index is 2.37. The van der Waals surface area contributed by atoms with Crippen molar-refractivity contribution in [1.29, 1.82) is 0 Å². The van der Waals surface area contributed by atoms with Gasteiger partial charge in [-0.3, -0.25) is 0 Å². The van der Waals surface area contributed by atoms with Gasteiger partial charge in [-0.2, -0.15) is 0 Å². The quantitative estimate of drug-likeness (QED) is 0.719. The Morgan fingerprint density at radius 2 is 1.67 bits per heavy atom. The standard InChI is InChI=1S/C18H33N3/c1-16(2)14-21(13-12-20(3)4)15-18(19)11-10-17-8-6-5-7-9-17/h5-9,16,18H,10-15,19H2,1-4H3. The summed E-state index contributed by atoms with van der Waals surface area (Å²) in [6.45, 7) is 8.88. The van der Waals surface area contributed by atoms with E-state index in [9.17, 15) is 0 Å². The minimum absolute atomic E-state index is 0.256. The first kappa shape index (κ1) is 18.1. The van der Waals surface area contributed by atoms with Gasteiger partial charge in [0, 0.05) is 32.2 Å². The van der Waals surface area contributed by atoms with E-state index in [-0.39, 0.29) is 6.04 Å². The van der Waals surface area contributed by atoms with Crippen molar-refractivity contribution >= 4 is 0 Å². The number of nitrogens with two attached hydrogens (primary N) is 1. The SMILES string of the molecule is CC(C)CN(CCN(C)C)CC(N)CCc1ccccc1. The van der Waals surface area contributed by atoms with Gasteiger partial charge in [0.2, 0.25) is 0 Å². The van der Waals surface area contributed by atoms with Crippen molar-refractivity contribution in [3.8, 4) is 0 Å². The van der Waals surface area contributed by atoms with Gasteiger partial charge >= 0.3 is 0 Å². The average molecular weight is 291 g/mol. The Hall–Kier alpha value is -0.900. The van der Waals surface area contributed by atoms with Gasteiger partial charge in [-0.25, -0.2) is 0 Å². The van der Waals surface area contributed by atoms with Crippen molar-refractivity contribution in [2.75, 3.05) is 40.3 Å². The molecule has 21 heavy (non-hydrogen) atoms. The lowest BCUT2D eigenvalue weighted by molar-refractivity contribution is 0.205. The van der Waals surface area contributed by atoms with E-state index in [2.05, 4.69) is 68.1 Å². The highest BCUT2D eigenvalue weighted by atomic mass is 15.2. The molecule has 120 valence electrons. The average Bonchev–Trinajstić information content (AvgIpc) is 2.43. The van der Waals surface area contributed by atoms with Crippen molar-refractivity contribution in [1.82, 2.24) is 9.80 Å². The Morgan fingerprint density at radius 1 is 1.00 bits per heavy atom. The van der Waals surface area contributed by atoms with Gasteiger partial charge in [0.15, 0.2) is 0 Å². The van der Waals surface area contributed by atoms with Crippen LogP contribution in [-0.2, 0) is 6.42 Å². The van der Waals surface area contributed by atoms with E-state index >= 15 is 0 Å². The highest BCUT2D eigenvalue weighted by Gasteiger charge is 2.12. The van der Waals surface area contributed by atoms with Gasteiger partial charge in [0.25, 0.3) is 0 Å². The van der Waals surface area contributed by atoms with Crippen LogP contribution < -0.4 is 5.73 Å². The van der Waals surface area contributed by atoms with Crippen LogP contribution in [0.5, 0.6) is 0 Å². The van der Waals surface area contributed by atoms with Crippen LogP contribution >= 0.6 is 0 Å². The summed E-state index contributed by atoms with van der Waals surface area (Å²) in [5.74, 6) is 0.688. The molecule has 1 unspecified atom stereocenters. The van der Waals surface area contributed by atoms with E-state index in [0.29, 0.717) is 5.92 Å². The van der Waals surface area contributed by atoms with E-state index in [0.717, 1.165) is 39.0 Å². The van der Waals surface area contributed by atoms with E-state index in [4.69, 9.17) is 5.73 Å². The summed E-state index contributed by atoms with van der Waals surface area (Å²) < 4.78 is 0. The molecule has 1 rings (SSSR count). The van der Waals surface area contributed by atoms with Crippen molar-refractivity contribution in [3.05, 3.63) is 35.9 Å². The summed E-state index contributed by atoms with van der Waals surface area (Å²) in [6.07, 6.45) is 2.13. The number of benzene rings is 1. The molecule has 3 nitrogen and oxygen atoms in total. The largest absolute Gasteiger partial charge is 0.327 e. The van der Waals surface area contributed by atoms with Crippen molar-refractivity contribution < 1.29 is 0 Å². The third kappa shape index (κ3) is 8.86. The fourth-order valence-electron chi connectivity index (χ4n) is 2.53. The predicted molar refractivity (Wildman–Crippen MR) is 92.6 cm³/mol. The van der Waals surface area contributed by atoms with Crippen LogP contribution in [0.15, 0.2) is 30.3 Å². The molecule has 0 aromatic heterocycles. The molecular formula is C18H33N3. The van der Waals surface area contributed by atoms with Crippen LogP contribution in [0.3, 0.4) is 0 Å². The molecule has 0 fully saturated rings. The van der Waals surface area contributed by atoms with Gasteiger partial charge < -0.3 is 15.5 Å². The van der Waals surface area contributed by atoms with Gasteiger partial charge in [-0.05, 0) is 38.4 Å². The highest BCUT2D eigenvalue weighted by Crippen LogP contribution is 2.06. The van der Waals surface area contributed by atoms with Crippen LogP contribution in [0, 0.1) is 5.92 Å². The molecule has 1 aromatic carbocycles. The molecule has 0 aliphatic carbocycles. The lowest BCUT2D eigenvalue weighted by atomic mass is 10.0. The second kappa shape index (κ2) is 9.93. The van der Waals surface area contributed by atoms with Crippen molar-refractivity contribution in [3.63, 3.8) is 0 Å². The molecule has 3 heteroatoms. The third-order valence-electron chi connectivity index (χ3n) is 3.63. The minimum atomic E-state index is 0.256. The summed E-state index contributed by atoms with van der Waals surface area (Å²) in [5.41, 5.74) is 7.74. The molecule has 0 radical (unpaired) electrons. The maximum Gasteiger partial charge on any atom is 0.0171 e. The molecule has 1 aromatic rings. The Kier molecular flexibility index (Phi) is 8.58. The normalized spacial score (nSPS) is 13.3. The fraction of sp³-hybridized carbons (Fsp3) is 0.667. The topological polar surface area (TPSA) is 32.5 Å². The maximum atomic E-state index is 6.35. The summed E-state index contributed by atoms with van der Waals surface area (Å²) in [7, 11) is 4.26. The Morgan fingerprint density at radius 3 is 2.24 bits per heavy atom. The molecular weight excluding hydrogens is 258 g/mol. The number of rotatable bonds is 10. The first-order valence-electron chi connectivity index (χ1n) is 8.14. The zero-order valence-corrected chi connectivity index (χ0v) is 14.3. The van der Waals surface area contributed by atoms with Crippen LogP contribution in [0.1, 0.15) is 25.8 Å². The lowest BCUT2D eigenvalue weighted by Crippen LogP contribution is -2.42. The number of nitrogens with zero attached hydrogens (tertiary/aromatic N) is 2. The van der Waals surface area contributed by atoms with Gasteiger partial charge in [-0.15, -0.1) is 0 Å². The minimum Gasteiger partial charge on any atom is -0.327 e. The summed E-state index contributed by atoms with van der Waals surface area (Å²) in [4.78, 5) is 4.75. The second-order valence-corrected chi connectivity index (χ2v) is 6.74. The number of hydrogen-bond acceptors (Lipinski definition) is 3. The van der Waals surface area contributed by atoms with Crippen molar-refractivity contribution in [2.24, 2.45) is 11.7 Å². The number of likely N-dealkylation sites (N-methyl/N-ethyl adjacent to an activating group) is 1. The van der Waals surface area contributed by atoms with Gasteiger partial charge in [0.05, 0.1) is 0 Å². The van der Waals surface area contributed by atoms with Crippen LogP contribution in [0.2, 0.25) is 0 Å². The Bertz CT molecular complexity index is 362. The molecule has 0 spiro atoms. The molecule has 0 aliphatic heterocycles. The monoisotopic (exact) mass is 291 g/mol. The molecule has 0 amide bonds. The first-order valence-corrected chi connectivity index (χ1v) is 8.14.